The fraction of sp³-hybridized carbons (Fsp3) is 0.158. The smallest absolute Gasteiger partial charge is 0.00894 e. The molecule has 0 fully saturated rings. The Hall–Kier alpha value is -2.08. The summed E-state index contributed by atoms with van der Waals surface area (Å²) < 4.78 is 0. The van der Waals surface area contributed by atoms with Crippen LogP contribution in [0.3, 0.4) is 0 Å². The molecular weight excluding hydrogens is 228 g/mol. The van der Waals surface area contributed by atoms with Gasteiger partial charge in [-0.3, -0.25) is 0 Å². The Bertz CT molecular complexity index is 632. The highest BCUT2D eigenvalue weighted by Crippen LogP contribution is 2.37. The van der Waals surface area contributed by atoms with Crippen molar-refractivity contribution in [2.45, 2.75) is 13.3 Å². The van der Waals surface area contributed by atoms with Gasteiger partial charge in [0.1, 0.15) is 0 Å². The minimum atomic E-state index is 0.428. The molecule has 0 heterocycles. The Morgan fingerprint density at radius 1 is 1.00 bits per heavy atom. The van der Waals surface area contributed by atoms with Crippen molar-refractivity contribution >= 4 is 11.6 Å². The van der Waals surface area contributed by atoms with Crippen LogP contribution in [-0.2, 0) is 6.42 Å². The molecule has 0 heteroatoms. The van der Waals surface area contributed by atoms with E-state index < -0.39 is 0 Å². The molecule has 0 saturated carbocycles. The molecule has 94 valence electrons. The molecule has 0 nitrogen and oxygen atoms in total. The van der Waals surface area contributed by atoms with Crippen molar-refractivity contribution in [2.75, 3.05) is 0 Å². The van der Waals surface area contributed by atoms with Gasteiger partial charge in [0.05, 0.1) is 0 Å². The standard InChI is InChI=1S/C19H18/c1-14(2)18-12-16-10-6-7-11-17(16)13-19(18)15-8-4-3-5-9-15/h3-11,13,18H,1,12H2,2H3. The number of hydrogen-bond donors (Lipinski definition) is 0. The van der Waals surface area contributed by atoms with Gasteiger partial charge in [-0.25, -0.2) is 0 Å². The second-order valence-electron chi connectivity index (χ2n) is 5.27. The SMILES string of the molecule is C=C(C)C1Cc2ccccc2C=C1c1ccccc1. The van der Waals surface area contributed by atoms with E-state index in [0.29, 0.717) is 5.92 Å². The van der Waals surface area contributed by atoms with Crippen molar-refractivity contribution in [1.29, 1.82) is 0 Å². The number of allylic oxidation sites excluding steroid dienone is 2. The molecule has 1 unspecified atom stereocenters. The van der Waals surface area contributed by atoms with E-state index in [1.807, 2.05) is 0 Å². The lowest BCUT2D eigenvalue weighted by atomic mass is 9.77. The van der Waals surface area contributed by atoms with Crippen LogP contribution in [0.25, 0.3) is 11.6 Å². The molecule has 1 aliphatic rings. The van der Waals surface area contributed by atoms with Gasteiger partial charge in [0, 0.05) is 5.92 Å². The molecular formula is C19H18. The molecule has 0 N–H and O–H groups in total. The van der Waals surface area contributed by atoms with E-state index in [4.69, 9.17) is 0 Å². The molecule has 0 aliphatic heterocycles. The van der Waals surface area contributed by atoms with Gasteiger partial charge in [-0.2, -0.15) is 0 Å². The largest absolute Gasteiger partial charge is 0.0995 e. The molecule has 1 aliphatic carbocycles. The lowest BCUT2D eigenvalue weighted by Gasteiger charge is -2.27. The number of benzene rings is 2. The van der Waals surface area contributed by atoms with Crippen LogP contribution in [0.2, 0.25) is 0 Å². The van der Waals surface area contributed by atoms with E-state index in [1.54, 1.807) is 0 Å². The van der Waals surface area contributed by atoms with E-state index in [2.05, 4.69) is 74.2 Å². The highest BCUT2D eigenvalue weighted by Gasteiger charge is 2.22. The number of rotatable bonds is 2. The Kier molecular flexibility index (Phi) is 3.08. The molecule has 0 bridgehead atoms. The Morgan fingerprint density at radius 3 is 2.42 bits per heavy atom. The van der Waals surface area contributed by atoms with Gasteiger partial charge in [-0.05, 0) is 35.6 Å². The van der Waals surface area contributed by atoms with E-state index in [0.717, 1.165) is 6.42 Å². The summed E-state index contributed by atoms with van der Waals surface area (Å²) in [4.78, 5) is 0. The van der Waals surface area contributed by atoms with Gasteiger partial charge < -0.3 is 0 Å². The van der Waals surface area contributed by atoms with Gasteiger partial charge in [0.2, 0.25) is 0 Å². The maximum Gasteiger partial charge on any atom is 0.00894 e. The average molecular weight is 246 g/mol. The van der Waals surface area contributed by atoms with Crippen LogP contribution in [0.1, 0.15) is 23.6 Å². The molecule has 0 radical (unpaired) electrons. The van der Waals surface area contributed by atoms with Gasteiger partial charge in [-0.1, -0.05) is 72.8 Å². The monoisotopic (exact) mass is 246 g/mol. The molecule has 19 heavy (non-hydrogen) atoms. The van der Waals surface area contributed by atoms with Crippen LogP contribution in [0.4, 0.5) is 0 Å². The van der Waals surface area contributed by atoms with Crippen molar-refractivity contribution < 1.29 is 0 Å². The predicted octanol–water partition coefficient (Wildman–Crippen LogP) is 4.98. The van der Waals surface area contributed by atoms with Crippen LogP contribution in [0.5, 0.6) is 0 Å². The fourth-order valence-electron chi connectivity index (χ4n) is 2.81. The molecule has 2 aromatic carbocycles. The highest BCUT2D eigenvalue weighted by molar-refractivity contribution is 5.87. The zero-order valence-electron chi connectivity index (χ0n) is 11.3. The molecule has 0 aromatic heterocycles. The van der Waals surface area contributed by atoms with E-state index in [-0.39, 0.29) is 0 Å². The van der Waals surface area contributed by atoms with Crippen LogP contribution < -0.4 is 0 Å². The third-order valence-corrected chi connectivity index (χ3v) is 3.87. The van der Waals surface area contributed by atoms with Crippen molar-refractivity contribution in [3.05, 3.63) is 83.4 Å². The van der Waals surface area contributed by atoms with Crippen LogP contribution in [0, 0.1) is 5.92 Å². The third-order valence-electron chi connectivity index (χ3n) is 3.87. The summed E-state index contributed by atoms with van der Waals surface area (Å²) in [7, 11) is 0. The first-order valence-corrected chi connectivity index (χ1v) is 6.76. The minimum absolute atomic E-state index is 0.428. The Balaban J connectivity index is 2.13. The first-order chi connectivity index (χ1) is 9.25. The first kappa shape index (κ1) is 12.0. The van der Waals surface area contributed by atoms with Gasteiger partial charge in [0.15, 0.2) is 0 Å². The molecule has 0 amide bonds. The van der Waals surface area contributed by atoms with Gasteiger partial charge >= 0.3 is 0 Å². The summed E-state index contributed by atoms with van der Waals surface area (Å²) >= 11 is 0. The number of hydrogen-bond acceptors (Lipinski definition) is 0. The van der Waals surface area contributed by atoms with Crippen molar-refractivity contribution in [1.82, 2.24) is 0 Å². The maximum absolute atomic E-state index is 4.19. The highest BCUT2D eigenvalue weighted by atomic mass is 14.3. The Morgan fingerprint density at radius 2 is 1.68 bits per heavy atom. The summed E-state index contributed by atoms with van der Waals surface area (Å²) in [5, 5.41) is 0. The quantitative estimate of drug-likeness (QED) is 0.656. The number of fused-ring (bicyclic) bond motifs is 1. The molecule has 2 aromatic rings. The van der Waals surface area contributed by atoms with E-state index in [9.17, 15) is 0 Å². The maximum atomic E-state index is 4.19. The fourth-order valence-corrected chi connectivity index (χ4v) is 2.81. The first-order valence-electron chi connectivity index (χ1n) is 6.76. The molecule has 0 saturated heterocycles. The van der Waals surface area contributed by atoms with Crippen LogP contribution in [-0.4, -0.2) is 0 Å². The van der Waals surface area contributed by atoms with Gasteiger partial charge in [-0.15, -0.1) is 0 Å². The van der Waals surface area contributed by atoms with Gasteiger partial charge in [0.25, 0.3) is 0 Å². The Labute approximate surface area is 115 Å². The summed E-state index contributed by atoms with van der Waals surface area (Å²) in [5.74, 6) is 0.428. The second-order valence-corrected chi connectivity index (χ2v) is 5.27. The van der Waals surface area contributed by atoms with E-state index >= 15 is 0 Å². The molecule has 1 atom stereocenters. The van der Waals surface area contributed by atoms with Crippen LogP contribution in [0.15, 0.2) is 66.7 Å². The van der Waals surface area contributed by atoms with E-state index in [1.165, 1.54) is 27.8 Å². The predicted molar refractivity (Wildman–Crippen MR) is 82.8 cm³/mol. The normalized spacial score (nSPS) is 17.5. The van der Waals surface area contributed by atoms with Crippen LogP contribution >= 0.6 is 0 Å². The summed E-state index contributed by atoms with van der Waals surface area (Å²) in [6.45, 7) is 6.32. The molecule has 0 spiro atoms. The van der Waals surface area contributed by atoms with Crippen molar-refractivity contribution in [3.8, 4) is 0 Å². The average Bonchev–Trinajstić information content (AvgIpc) is 2.46. The molecule has 3 rings (SSSR count). The zero-order valence-corrected chi connectivity index (χ0v) is 11.3. The third kappa shape index (κ3) is 2.26. The lowest BCUT2D eigenvalue weighted by molar-refractivity contribution is 0.769. The summed E-state index contributed by atoms with van der Waals surface area (Å²) in [6, 6.07) is 19.3. The lowest BCUT2D eigenvalue weighted by Crippen LogP contribution is -2.13. The summed E-state index contributed by atoms with van der Waals surface area (Å²) in [6.07, 6.45) is 3.39. The van der Waals surface area contributed by atoms with Crippen molar-refractivity contribution in [3.63, 3.8) is 0 Å². The zero-order chi connectivity index (χ0) is 13.2. The van der Waals surface area contributed by atoms with Crippen molar-refractivity contribution in [2.24, 2.45) is 5.92 Å². The topological polar surface area (TPSA) is 0 Å². The second kappa shape index (κ2) is 4.89. The summed E-state index contributed by atoms with van der Waals surface area (Å²) in [5.41, 5.74) is 6.72. The minimum Gasteiger partial charge on any atom is -0.0995 e.